The van der Waals surface area contributed by atoms with Crippen molar-refractivity contribution in [3.05, 3.63) is 45.2 Å². The second-order valence-corrected chi connectivity index (χ2v) is 9.24. The lowest BCUT2D eigenvalue weighted by molar-refractivity contribution is 0.112. The molecule has 1 aliphatic carbocycles. The summed E-state index contributed by atoms with van der Waals surface area (Å²) < 4.78 is 5.74. The highest BCUT2D eigenvalue weighted by molar-refractivity contribution is 7.80. The topological polar surface area (TPSA) is 57.4 Å². The molecule has 1 aromatic carbocycles. The van der Waals surface area contributed by atoms with Gasteiger partial charge in [-0.3, -0.25) is 4.79 Å². The second kappa shape index (κ2) is 9.48. The summed E-state index contributed by atoms with van der Waals surface area (Å²) in [6.45, 7) is 6.26. The maximum Gasteiger partial charge on any atom is 0.253 e. The lowest BCUT2D eigenvalue weighted by Crippen LogP contribution is -2.48. The minimum Gasteiger partial charge on any atom is -0.376 e. The molecule has 1 aliphatic heterocycles. The molecule has 2 aromatic rings. The fourth-order valence-corrected chi connectivity index (χ4v) is 5.08. The highest BCUT2D eigenvalue weighted by atomic mass is 32.1. The minimum atomic E-state index is -0.0149. The van der Waals surface area contributed by atoms with Crippen LogP contribution in [0.5, 0.6) is 0 Å². The molecule has 162 valence electrons. The summed E-state index contributed by atoms with van der Waals surface area (Å²) in [5.41, 5.74) is 3.97. The van der Waals surface area contributed by atoms with Crippen LogP contribution in [0, 0.1) is 13.8 Å². The molecule has 2 aliphatic rings. The van der Waals surface area contributed by atoms with Gasteiger partial charge in [-0.05, 0) is 68.9 Å². The number of pyridine rings is 1. The number of aromatic amines is 1. The molecule has 2 heterocycles. The van der Waals surface area contributed by atoms with E-state index in [0.717, 1.165) is 66.0 Å². The molecule has 30 heavy (non-hydrogen) atoms. The number of aryl methyl sites for hydroxylation is 2. The van der Waals surface area contributed by atoms with Crippen molar-refractivity contribution in [2.75, 3.05) is 13.2 Å². The first-order valence-electron chi connectivity index (χ1n) is 11.3. The zero-order chi connectivity index (χ0) is 21.1. The summed E-state index contributed by atoms with van der Waals surface area (Å²) in [6, 6.07) is 6.63. The number of thiocarbonyl (C=S) groups is 1. The number of hydrogen-bond donors (Lipinski definition) is 2. The molecule has 2 fully saturated rings. The number of hydrogen-bond acceptors (Lipinski definition) is 3. The summed E-state index contributed by atoms with van der Waals surface area (Å²) in [5, 5.41) is 5.30. The van der Waals surface area contributed by atoms with Gasteiger partial charge in [0.05, 0.1) is 18.2 Å². The van der Waals surface area contributed by atoms with Gasteiger partial charge >= 0.3 is 0 Å². The monoisotopic (exact) mass is 427 g/mol. The Morgan fingerprint density at radius 3 is 2.67 bits per heavy atom. The summed E-state index contributed by atoms with van der Waals surface area (Å²) in [6.07, 6.45) is 8.44. The van der Waals surface area contributed by atoms with E-state index < -0.39 is 0 Å². The van der Waals surface area contributed by atoms with E-state index in [1.165, 1.54) is 24.8 Å². The van der Waals surface area contributed by atoms with Gasteiger partial charge in [0, 0.05) is 30.1 Å². The Kier molecular flexibility index (Phi) is 6.74. The van der Waals surface area contributed by atoms with Gasteiger partial charge in [-0.15, -0.1) is 0 Å². The molecule has 0 radical (unpaired) electrons. The van der Waals surface area contributed by atoms with Gasteiger partial charge < -0.3 is 19.9 Å². The Bertz CT molecular complexity index is 959. The third-order valence-electron chi connectivity index (χ3n) is 6.64. The van der Waals surface area contributed by atoms with Crippen molar-refractivity contribution in [3.8, 4) is 0 Å². The zero-order valence-electron chi connectivity index (χ0n) is 18.1. The quantitative estimate of drug-likeness (QED) is 0.696. The van der Waals surface area contributed by atoms with Gasteiger partial charge in [0.25, 0.3) is 5.56 Å². The fraction of sp³-hybridized carbons (Fsp3) is 0.583. The zero-order valence-corrected chi connectivity index (χ0v) is 18.9. The fourth-order valence-electron chi connectivity index (χ4n) is 4.79. The van der Waals surface area contributed by atoms with Crippen LogP contribution in [-0.2, 0) is 11.3 Å². The van der Waals surface area contributed by atoms with E-state index >= 15 is 0 Å². The second-order valence-electron chi connectivity index (χ2n) is 8.85. The average molecular weight is 428 g/mol. The van der Waals surface area contributed by atoms with Crippen molar-refractivity contribution >= 4 is 28.2 Å². The Morgan fingerprint density at radius 1 is 1.17 bits per heavy atom. The third kappa shape index (κ3) is 4.70. The number of benzene rings is 1. The van der Waals surface area contributed by atoms with Crippen molar-refractivity contribution in [1.82, 2.24) is 15.2 Å². The van der Waals surface area contributed by atoms with E-state index in [0.29, 0.717) is 12.6 Å². The molecule has 0 spiro atoms. The Balaban J connectivity index is 1.59. The van der Waals surface area contributed by atoms with Crippen LogP contribution < -0.4 is 10.9 Å². The van der Waals surface area contributed by atoms with E-state index in [2.05, 4.69) is 40.3 Å². The molecule has 2 N–H and O–H groups in total. The number of aromatic nitrogens is 1. The lowest BCUT2D eigenvalue weighted by Gasteiger charge is -2.36. The first kappa shape index (κ1) is 21.3. The molecule has 0 amide bonds. The van der Waals surface area contributed by atoms with Gasteiger partial charge in [0.1, 0.15) is 0 Å². The lowest BCUT2D eigenvalue weighted by atomic mass is 9.94. The summed E-state index contributed by atoms with van der Waals surface area (Å²) in [5.74, 6) is 0. The highest BCUT2D eigenvalue weighted by Gasteiger charge is 2.25. The normalized spacial score (nSPS) is 19.9. The van der Waals surface area contributed by atoms with Gasteiger partial charge in [-0.25, -0.2) is 0 Å². The van der Waals surface area contributed by atoms with Crippen LogP contribution >= 0.6 is 12.2 Å². The molecule has 1 aromatic heterocycles. The SMILES string of the molecule is Cc1ccc(C)c2[nH]c(=O)c(CN(C(=S)NC[C@@H]3CCCO3)C3CCCCC3)cc12. The van der Waals surface area contributed by atoms with Crippen molar-refractivity contribution < 1.29 is 4.74 Å². The standard InChI is InChI=1S/C24H33N3O2S/c1-16-10-11-17(2)22-21(16)13-18(23(28)26-22)15-27(19-7-4-3-5-8-19)24(30)25-14-20-9-6-12-29-20/h10-11,13,19-20H,3-9,12,14-15H2,1-2H3,(H,25,30)(H,26,28)/t20-/m0/s1. The van der Waals surface area contributed by atoms with Gasteiger partial charge in [-0.2, -0.15) is 0 Å². The number of nitrogens with zero attached hydrogens (tertiary/aromatic N) is 1. The number of rotatable bonds is 5. The molecular formula is C24H33N3O2S. The van der Waals surface area contributed by atoms with Crippen LogP contribution in [-0.4, -0.2) is 40.3 Å². The van der Waals surface area contributed by atoms with E-state index in [1.54, 1.807) is 0 Å². The number of H-pyrrole nitrogens is 1. The molecule has 0 unspecified atom stereocenters. The largest absolute Gasteiger partial charge is 0.376 e. The van der Waals surface area contributed by atoms with E-state index in [1.807, 2.05) is 6.92 Å². The molecule has 4 rings (SSSR count). The van der Waals surface area contributed by atoms with Crippen LogP contribution in [0.1, 0.15) is 61.6 Å². The maximum atomic E-state index is 12.9. The predicted octanol–water partition coefficient (Wildman–Crippen LogP) is 4.33. The van der Waals surface area contributed by atoms with Gasteiger partial charge in [0.15, 0.2) is 5.11 Å². The molecule has 1 saturated carbocycles. The first-order valence-corrected chi connectivity index (χ1v) is 11.7. The smallest absolute Gasteiger partial charge is 0.253 e. The highest BCUT2D eigenvalue weighted by Crippen LogP contribution is 2.25. The van der Waals surface area contributed by atoms with Crippen molar-refractivity contribution in [2.45, 2.75) is 77.5 Å². The first-order chi connectivity index (χ1) is 14.5. The molecule has 6 heteroatoms. The van der Waals surface area contributed by atoms with Crippen LogP contribution in [0.25, 0.3) is 10.9 Å². The Morgan fingerprint density at radius 2 is 1.93 bits per heavy atom. The maximum absolute atomic E-state index is 12.9. The summed E-state index contributed by atoms with van der Waals surface area (Å²) in [4.78, 5) is 18.3. The number of nitrogens with one attached hydrogen (secondary N) is 2. The summed E-state index contributed by atoms with van der Waals surface area (Å²) in [7, 11) is 0. The Labute approximate surface area is 184 Å². The number of fused-ring (bicyclic) bond motifs is 1. The van der Waals surface area contributed by atoms with Crippen LogP contribution in [0.2, 0.25) is 0 Å². The van der Waals surface area contributed by atoms with Crippen LogP contribution in [0.3, 0.4) is 0 Å². The van der Waals surface area contributed by atoms with Crippen molar-refractivity contribution in [1.29, 1.82) is 0 Å². The van der Waals surface area contributed by atoms with Crippen LogP contribution in [0.4, 0.5) is 0 Å². The predicted molar refractivity (Wildman–Crippen MR) is 126 cm³/mol. The number of ether oxygens (including phenoxy) is 1. The third-order valence-corrected chi connectivity index (χ3v) is 7.02. The van der Waals surface area contributed by atoms with Crippen LogP contribution in [0.15, 0.2) is 23.0 Å². The van der Waals surface area contributed by atoms with Crippen molar-refractivity contribution in [2.24, 2.45) is 0 Å². The molecule has 0 bridgehead atoms. The molecule has 5 nitrogen and oxygen atoms in total. The minimum absolute atomic E-state index is 0.0149. The average Bonchev–Trinajstić information content (AvgIpc) is 3.28. The summed E-state index contributed by atoms with van der Waals surface area (Å²) >= 11 is 5.82. The molecular weight excluding hydrogens is 394 g/mol. The van der Waals surface area contributed by atoms with Gasteiger partial charge in [-0.1, -0.05) is 31.4 Å². The molecule has 1 atom stereocenters. The molecule has 1 saturated heterocycles. The van der Waals surface area contributed by atoms with E-state index in [9.17, 15) is 4.79 Å². The Hall–Kier alpha value is -1.92. The van der Waals surface area contributed by atoms with Crippen molar-refractivity contribution in [3.63, 3.8) is 0 Å². The van der Waals surface area contributed by atoms with Gasteiger partial charge in [0.2, 0.25) is 0 Å². The van der Waals surface area contributed by atoms with E-state index in [4.69, 9.17) is 17.0 Å². The van der Waals surface area contributed by atoms with E-state index in [-0.39, 0.29) is 11.7 Å².